The highest BCUT2D eigenvalue weighted by Gasteiger charge is 2.39. The molecule has 0 saturated carbocycles. The molecule has 0 fully saturated rings. The minimum absolute atomic E-state index is 0.0141. The summed E-state index contributed by atoms with van der Waals surface area (Å²) in [4.78, 5) is 10.8. The third kappa shape index (κ3) is 8.41. The molecule has 1 amide bonds. The van der Waals surface area contributed by atoms with Crippen LogP contribution in [0.2, 0.25) is 15.1 Å². The van der Waals surface area contributed by atoms with Crippen molar-refractivity contribution in [3.8, 4) is 0 Å². The van der Waals surface area contributed by atoms with E-state index in [0.717, 1.165) is 17.4 Å². The van der Waals surface area contributed by atoms with Gasteiger partial charge in [-0.3, -0.25) is 10.1 Å². The van der Waals surface area contributed by atoms with E-state index in [1.165, 1.54) is 24.3 Å². The summed E-state index contributed by atoms with van der Waals surface area (Å²) < 4.78 is 84.8. The van der Waals surface area contributed by atoms with Crippen LogP contribution in [-0.4, -0.2) is 18.4 Å². The number of hydrogen-bond donors (Lipinski definition) is 1. The second-order valence-corrected chi connectivity index (χ2v) is 6.65. The van der Waals surface area contributed by atoms with Gasteiger partial charge in [0.15, 0.2) is 0 Å². The maximum Gasteiger partial charge on any atom is 0.484 e. The molecule has 12 heteroatoms. The van der Waals surface area contributed by atoms with Crippen LogP contribution in [-0.2, 0) is 0 Å². The lowest BCUT2D eigenvalue weighted by atomic mass is 9.99. The SMILES string of the molecule is FC=CC(c1cc(Cl)c(Cl)c(Cl)c1)C(F)(F)F.O=C(NC(F)(F)F)c1ccccc1. The van der Waals surface area contributed by atoms with Crippen LogP contribution in [0.15, 0.2) is 54.9 Å². The largest absolute Gasteiger partial charge is 0.484 e. The molecule has 2 aromatic rings. The van der Waals surface area contributed by atoms with Crippen molar-refractivity contribution in [1.29, 1.82) is 0 Å². The van der Waals surface area contributed by atoms with E-state index >= 15 is 0 Å². The van der Waals surface area contributed by atoms with Crippen LogP contribution in [0.5, 0.6) is 0 Å². The number of alkyl halides is 6. The van der Waals surface area contributed by atoms with Crippen molar-refractivity contribution in [3.63, 3.8) is 0 Å². The molecule has 0 saturated heterocycles. The average molecular weight is 497 g/mol. The molecule has 164 valence electrons. The van der Waals surface area contributed by atoms with Gasteiger partial charge in [0.2, 0.25) is 0 Å². The molecule has 0 bridgehead atoms. The van der Waals surface area contributed by atoms with Crippen LogP contribution in [0.4, 0.5) is 30.7 Å². The molecule has 1 unspecified atom stereocenters. The van der Waals surface area contributed by atoms with Crippen LogP contribution in [0.3, 0.4) is 0 Å². The Balaban J connectivity index is 0.000000311. The van der Waals surface area contributed by atoms with Crippen molar-refractivity contribution >= 4 is 40.7 Å². The third-order valence-electron chi connectivity index (χ3n) is 3.27. The quantitative estimate of drug-likeness (QED) is 0.263. The first kappa shape index (κ1) is 26.1. The number of hydrogen-bond acceptors (Lipinski definition) is 1. The zero-order valence-electron chi connectivity index (χ0n) is 14.5. The lowest BCUT2D eigenvalue weighted by Gasteiger charge is -2.17. The van der Waals surface area contributed by atoms with Crippen LogP contribution < -0.4 is 5.32 Å². The zero-order chi connectivity index (χ0) is 23.1. The molecule has 2 aromatic carbocycles. The van der Waals surface area contributed by atoms with Gasteiger partial charge >= 0.3 is 12.5 Å². The maximum absolute atomic E-state index is 12.6. The summed E-state index contributed by atoms with van der Waals surface area (Å²) >= 11 is 16.8. The van der Waals surface area contributed by atoms with Gasteiger partial charge in [0.05, 0.1) is 21.4 Å². The molecule has 0 heterocycles. The molecule has 0 radical (unpaired) electrons. The average Bonchev–Trinajstić information content (AvgIpc) is 2.63. The summed E-state index contributed by atoms with van der Waals surface area (Å²) in [6, 6.07) is 9.23. The van der Waals surface area contributed by atoms with Crippen molar-refractivity contribution in [3.05, 3.63) is 81.1 Å². The smallest absolute Gasteiger partial charge is 0.269 e. The van der Waals surface area contributed by atoms with Gasteiger partial charge in [-0.05, 0) is 35.9 Å². The first-order valence-corrected chi connectivity index (χ1v) is 8.82. The summed E-state index contributed by atoms with van der Waals surface area (Å²) in [5, 5.41) is 0.627. The molecule has 30 heavy (non-hydrogen) atoms. The van der Waals surface area contributed by atoms with E-state index < -0.39 is 24.3 Å². The number of benzene rings is 2. The third-order valence-corrected chi connectivity index (χ3v) is 4.47. The lowest BCUT2D eigenvalue weighted by molar-refractivity contribution is -0.146. The summed E-state index contributed by atoms with van der Waals surface area (Å²) in [5.41, 5.74) is -0.286. The molecule has 1 N–H and O–H groups in total. The standard InChI is InChI=1S/C10H5Cl3F4.C8H6F3NO/c11-7-3-5(4-8(12)9(7)13)6(1-2-14)10(15,16)17;9-8(10,11)12-7(13)6-4-2-1-3-5-6/h1-4,6H;1-5H,(H,12,13). The molecule has 0 aliphatic heterocycles. The Labute approximate surface area is 181 Å². The van der Waals surface area contributed by atoms with Crippen molar-refractivity contribution in [2.75, 3.05) is 0 Å². The van der Waals surface area contributed by atoms with Crippen molar-refractivity contribution < 1.29 is 35.5 Å². The van der Waals surface area contributed by atoms with E-state index in [2.05, 4.69) is 0 Å². The second-order valence-electron chi connectivity index (χ2n) is 5.45. The predicted octanol–water partition coefficient (Wildman–Crippen LogP) is 7.71. The molecule has 0 aromatic heterocycles. The zero-order valence-corrected chi connectivity index (χ0v) is 16.7. The molecule has 0 aliphatic rings. The number of carbonyl (C=O) groups excluding carboxylic acids is 1. The fourth-order valence-electron chi connectivity index (χ4n) is 2.03. The van der Waals surface area contributed by atoms with Gasteiger partial charge in [0, 0.05) is 5.56 Å². The Morgan fingerprint density at radius 1 is 0.933 bits per heavy atom. The summed E-state index contributed by atoms with van der Waals surface area (Å²) in [6.45, 7) is 0. The molecule has 0 aliphatic carbocycles. The Bertz CT molecular complexity index is 861. The number of carbonyl (C=O) groups is 1. The van der Waals surface area contributed by atoms with Gasteiger partial charge in [-0.15, -0.1) is 0 Å². The first-order valence-electron chi connectivity index (χ1n) is 7.68. The van der Waals surface area contributed by atoms with Gasteiger partial charge in [-0.1, -0.05) is 53.0 Å². The van der Waals surface area contributed by atoms with Crippen LogP contribution in [0.25, 0.3) is 0 Å². The van der Waals surface area contributed by atoms with E-state index in [1.807, 2.05) is 0 Å². The fourth-order valence-corrected chi connectivity index (χ4v) is 2.64. The van der Waals surface area contributed by atoms with E-state index in [1.54, 1.807) is 6.07 Å². The highest BCUT2D eigenvalue weighted by Crippen LogP contribution is 2.40. The highest BCUT2D eigenvalue weighted by atomic mass is 35.5. The number of allylic oxidation sites excluding steroid dienone is 1. The Morgan fingerprint density at radius 3 is 1.83 bits per heavy atom. The van der Waals surface area contributed by atoms with Gasteiger partial charge < -0.3 is 0 Å². The number of rotatable bonds is 3. The van der Waals surface area contributed by atoms with E-state index in [0.29, 0.717) is 6.08 Å². The Kier molecular flexibility index (Phi) is 9.45. The molecule has 2 nitrogen and oxygen atoms in total. The minimum Gasteiger partial charge on any atom is -0.269 e. The topological polar surface area (TPSA) is 29.1 Å². The van der Waals surface area contributed by atoms with E-state index in [4.69, 9.17) is 34.8 Å². The van der Waals surface area contributed by atoms with Crippen LogP contribution in [0.1, 0.15) is 21.8 Å². The molecule has 2 rings (SSSR count). The molecule has 1 atom stereocenters. The Morgan fingerprint density at radius 2 is 1.43 bits per heavy atom. The predicted molar refractivity (Wildman–Crippen MR) is 100 cm³/mol. The Hall–Kier alpha value is -1.97. The number of halogens is 10. The van der Waals surface area contributed by atoms with E-state index in [9.17, 15) is 35.5 Å². The van der Waals surface area contributed by atoms with Gasteiger partial charge in [0.25, 0.3) is 5.91 Å². The summed E-state index contributed by atoms with van der Waals surface area (Å²) in [6.07, 6.45) is -9.11. The number of amides is 1. The normalized spacial score (nSPS) is 12.9. The maximum atomic E-state index is 12.6. The van der Waals surface area contributed by atoms with Gasteiger partial charge in [-0.2, -0.15) is 26.3 Å². The van der Waals surface area contributed by atoms with Gasteiger partial charge in [0.1, 0.15) is 5.92 Å². The monoisotopic (exact) mass is 495 g/mol. The van der Waals surface area contributed by atoms with E-state index in [-0.39, 0.29) is 32.5 Å². The van der Waals surface area contributed by atoms with Crippen molar-refractivity contribution in [1.82, 2.24) is 5.32 Å². The second kappa shape index (κ2) is 10.9. The van der Waals surface area contributed by atoms with Crippen molar-refractivity contribution in [2.24, 2.45) is 0 Å². The molecular formula is C18H11Cl3F7NO. The summed E-state index contributed by atoms with van der Waals surface area (Å²) in [5.74, 6) is -3.26. The summed E-state index contributed by atoms with van der Waals surface area (Å²) in [7, 11) is 0. The molecule has 0 spiro atoms. The van der Waals surface area contributed by atoms with Crippen LogP contribution >= 0.6 is 34.8 Å². The van der Waals surface area contributed by atoms with Crippen LogP contribution in [0, 0.1) is 0 Å². The van der Waals surface area contributed by atoms with Gasteiger partial charge in [-0.25, -0.2) is 4.39 Å². The first-order chi connectivity index (χ1) is 13.8. The fraction of sp³-hybridized carbons (Fsp3) is 0.167. The highest BCUT2D eigenvalue weighted by molar-refractivity contribution is 6.48. The number of nitrogens with one attached hydrogen (secondary N) is 1. The van der Waals surface area contributed by atoms with Crippen molar-refractivity contribution in [2.45, 2.75) is 18.4 Å². The minimum atomic E-state index is -4.67. The lowest BCUT2D eigenvalue weighted by Crippen LogP contribution is -2.37. The molecular weight excluding hydrogens is 486 g/mol.